The van der Waals surface area contributed by atoms with Gasteiger partial charge < -0.3 is 24.5 Å². The van der Waals surface area contributed by atoms with Crippen LogP contribution < -0.4 is 10.4 Å². The molecule has 120 valence electrons. The molecule has 3 N–H and O–H groups in total. The lowest BCUT2D eigenvalue weighted by atomic mass is 10.1. The Kier molecular flexibility index (Phi) is 4.95. The van der Waals surface area contributed by atoms with Crippen LogP contribution >= 0.6 is 11.6 Å². The summed E-state index contributed by atoms with van der Waals surface area (Å²) in [6.07, 6.45) is -2.03. The van der Waals surface area contributed by atoms with Gasteiger partial charge in [0, 0.05) is 12.5 Å². The average molecular weight is 329 g/mol. The second-order valence-corrected chi connectivity index (χ2v) is 5.57. The minimum atomic E-state index is -1.08. The number of rotatable bonds is 5. The number of aliphatic hydroxyl groups is 2. The van der Waals surface area contributed by atoms with Gasteiger partial charge in [-0.25, -0.2) is 4.79 Å². The molecule has 0 aliphatic rings. The molecule has 0 fully saturated rings. The zero-order valence-corrected chi connectivity index (χ0v) is 12.9. The van der Waals surface area contributed by atoms with Gasteiger partial charge in [-0.05, 0) is 24.4 Å². The molecule has 0 saturated carbocycles. The summed E-state index contributed by atoms with van der Waals surface area (Å²) in [7, 11) is 1.44. The van der Waals surface area contributed by atoms with Crippen LogP contribution in [0.3, 0.4) is 0 Å². The second kappa shape index (κ2) is 6.56. The van der Waals surface area contributed by atoms with Crippen LogP contribution in [0.2, 0.25) is 0 Å². The molecule has 1 heterocycles. The Morgan fingerprint density at radius 1 is 1.32 bits per heavy atom. The van der Waals surface area contributed by atoms with Crippen LogP contribution in [0.5, 0.6) is 11.5 Å². The summed E-state index contributed by atoms with van der Waals surface area (Å²) in [5.74, 6) is 0.347. The van der Waals surface area contributed by atoms with E-state index in [0.29, 0.717) is 11.1 Å². The molecule has 0 radical (unpaired) electrons. The number of aromatic hydroxyl groups is 1. The van der Waals surface area contributed by atoms with E-state index < -0.39 is 23.2 Å². The second-order valence-electron chi connectivity index (χ2n) is 5.07. The van der Waals surface area contributed by atoms with E-state index in [1.807, 2.05) is 0 Å². The standard InChI is InChI=1S/C15H17ClO6/c1-7(17)14(16)12(19)6-10-4-8-3-9(21-2)5-11(18)13(8)15(20)22-10/h3-5,7,12,14,17-19H,6H2,1-2H3/t7-,12+,14+/m0/s1. The van der Waals surface area contributed by atoms with E-state index in [2.05, 4.69) is 0 Å². The molecule has 3 atom stereocenters. The van der Waals surface area contributed by atoms with Gasteiger partial charge in [-0.2, -0.15) is 0 Å². The third-order valence-electron chi connectivity index (χ3n) is 3.34. The number of methoxy groups -OCH3 is 1. The van der Waals surface area contributed by atoms with E-state index >= 15 is 0 Å². The molecule has 1 aromatic carbocycles. The van der Waals surface area contributed by atoms with Crippen LogP contribution in [0.15, 0.2) is 27.4 Å². The highest BCUT2D eigenvalue weighted by Crippen LogP contribution is 2.28. The Bertz CT molecular complexity index is 724. The number of hydrogen-bond donors (Lipinski definition) is 3. The average Bonchev–Trinajstić information content (AvgIpc) is 2.45. The van der Waals surface area contributed by atoms with Gasteiger partial charge in [0.05, 0.1) is 24.7 Å². The monoisotopic (exact) mass is 328 g/mol. The Morgan fingerprint density at radius 3 is 2.59 bits per heavy atom. The molecule has 0 aliphatic carbocycles. The lowest BCUT2D eigenvalue weighted by Crippen LogP contribution is -2.32. The van der Waals surface area contributed by atoms with E-state index in [-0.39, 0.29) is 23.3 Å². The quantitative estimate of drug-likeness (QED) is 0.717. The molecule has 22 heavy (non-hydrogen) atoms. The van der Waals surface area contributed by atoms with Crippen LogP contribution in [-0.2, 0) is 6.42 Å². The first kappa shape index (κ1) is 16.6. The highest BCUT2D eigenvalue weighted by atomic mass is 35.5. The minimum absolute atomic E-state index is 0.0389. The summed E-state index contributed by atoms with van der Waals surface area (Å²) in [5, 5.41) is 28.7. The number of fused-ring (bicyclic) bond motifs is 1. The summed E-state index contributed by atoms with van der Waals surface area (Å²) in [5.41, 5.74) is -0.719. The number of aliphatic hydroxyl groups excluding tert-OH is 2. The maximum atomic E-state index is 12.0. The fraction of sp³-hybridized carbons (Fsp3) is 0.400. The molecule has 0 bridgehead atoms. The molecular weight excluding hydrogens is 312 g/mol. The van der Waals surface area contributed by atoms with Gasteiger partial charge >= 0.3 is 5.63 Å². The SMILES string of the molecule is COc1cc(O)c2c(=O)oc(C[C@@H](O)[C@H](Cl)[C@H](C)O)cc2c1. The fourth-order valence-electron chi connectivity index (χ4n) is 2.19. The number of benzene rings is 1. The van der Waals surface area contributed by atoms with Crippen LogP contribution in [0.25, 0.3) is 10.8 Å². The summed E-state index contributed by atoms with van der Waals surface area (Å²) in [4.78, 5) is 12.0. The van der Waals surface area contributed by atoms with Gasteiger partial charge in [-0.3, -0.25) is 0 Å². The van der Waals surface area contributed by atoms with Crippen LogP contribution in [0, 0.1) is 0 Å². The lowest BCUT2D eigenvalue weighted by molar-refractivity contribution is 0.0923. The number of phenolic OH excluding ortho intramolecular Hbond substituents is 1. The first-order valence-electron chi connectivity index (χ1n) is 6.67. The maximum absolute atomic E-state index is 12.0. The summed E-state index contributed by atoms with van der Waals surface area (Å²) >= 11 is 5.87. The molecular formula is C15H17ClO6. The van der Waals surface area contributed by atoms with Crippen molar-refractivity contribution in [3.8, 4) is 11.5 Å². The first-order chi connectivity index (χ1) is 10.3. The smallest absolute Gasteiger partial charge is 0.347 e. The van der Waals surface area contributed by atoms with E-state index in [9.17, 15) is 20.1 Å². The molecule has 0 unspecified atom stereocenters. The van der Waals surface area contributed by atoms with Crippen molar-refractivity contribution in [3.63, 3.8) is 0 Å². The van der Waals surface area contributed by atoms with Gasteiger partial charge in [0.25, 0.3) is 0 Å². The maximum Gasteiger partial charge on any atom is 0.347 e. The lowest BCUT2D eigenvalue weighted by Gasteiger charge is -2.18. The van der Waals surface area contributed by atoms with Crippen molar-refractivity contribution < 1.29 is 24.5 Å². The molecule has 0 aliphatic heterocycles. The van der Waals surface area contributed by atoms with Crippen LogP contribution in [0.1, 0.15) is 12.7 Å². The molecule has 2 rings (SSSR count). The topological polar surface area (TPSA) is 100 Å². The minimum Gasteiger partial charge on any atom is -0.507 e. The van der Waals surface area contributed by atoms with Gasteiger partial charge in [0.15, 0.2) is 0 Å². The van der Waals surface area contributed by atoms with Gasteiger partial charge in [0.2, 0.25) is 0 Å². The van der Waals surface area contributed by atoms with Crippen molar-refractivity contribution >= 4 is 22.4 Å². The Hall–Kier alpha value is -1.76. The van der Waals surface area contributed by atoms with Gasteiger partial charge in [-0.1, -0.05) is 0 Å². The Labute approximate surface area is 131 Å². The number of halogens is 1. The zero-order chi connectivity index (χ0) is 16.4. The molecule has 1 aromatic heterocycles. The van der Waals surface area contributed by atoms with E-state index in [0.717, 1.165) is 0 Å². The van der Waals surface area contributed by atoms with Gasteiger partial charge in [-0.15, -0.1) is 11.6 Å². The third-order valence-corrected chi connectivity index (χ3v) is 4.00. The molecule has 0 saturated heterocycles. The van der Waals surface area contributed by atoms with Crippen LogP contribution in [0.4, 0.5) is 0 Å². The molecule has 0 amide bonds. The Morgan fingerprint density at radius 2 is 2.00 bits per heavy atom. The zero-order valence-electron chi connectivity index (χ0n) is 12.1. The third kappa shape index (κ3) is 3.35. The van der Waals surface area contributed by atoms with Gasteiger partial charge in [0.1, 0.15) is 22.6 Å². The largest absolute Gasteiger partial charge is 0.507 e. The van der Waals surface area contributed by atoms with Crippen molar-refractivity contribution in [2.45, 2.75) is 30.9 Å². The first-order valence-corrected chi connectivity index (χ1v) is 7.11. The number of ether oxygens (including phenoxy) is 1. The number of alkyl halides is 1. The summed E-state index contributed by atoms with van der Waals surface area (Å²) in [6, 6.07) is 4.42. The van der Waals surface area contributed by atoms with E-state index in [1.54, 1.807) is 6.07 Å². The highest BCUT2D eigenvalue weighted by molar-refractivity contribution is 6.21. The predicted molar refractivity (Wildman–Crippen MR) is 81.7 cm³/mol. The van der Waals surface area contributed by atoms with Crippen molar-refractivity contribution in [2.75, 3.05) is 7.11 Å². The van der Waals surface area contributed by atoms with Crippen molar-refractivity contribution in [3.05, 3.63) is 34.4 Å². The molecule has 7 heteroatoms. The summed E-state index contributed by atoms with van der Waals surface area (Å²) in [6.45, 7) is 1.46. The van der Waals surface area contributed by atoms with Crippen molar-refractivity contribution in [1.82, 2.24) is 0 Å². The van der Waals surface area contributed by atoms with E-state index in [1.165, 1.54) is 26.2 Å². The van der Waals surface area contributed by atoms with Crippen LogP contribution in [-0.4, -0.2) is 40.0 Å². The van der Waals surface area contributed by atoms with Crippen molar-refractivity contribution in [2.24, 2.45) is 0 Å². The predicted octanol–water partition coefficient (Wildman–Crippen LogP) is 1.40. The highest BCUT2D eigenvalue weighted by Gasteiger charge is 2.23. The molecule has 2 aromatic rings. The number of hydrogen-bond acceptors (Lipinski definition) is 6. The van der Waals surface area contributed by atoms with E-state index in [4.69, 9.17) is 20.8 Å². The molecule has 6 nitrogen and oxygen atoms in total. The normalized spacial score (nSPS) is 15.5. The fourth-order valence-corrected chi connectivity index (χ4v) is 2.28. The number of phenols is 1. The molecule has 0 spiro atoms. The summed E-state index contributed by atoms with van der Waals surface area (Å²) < 4.78 is 10.1. The Balaban J connectivity index is 2.43. The van der Waals surface area contributed by atoms with Crippen molar-refractivity contribution in [1.29, 1.82) is 0 Å².